The van der Waals surface area contributed by atoms with E-state index in [0.717, 1.165) is 37.8 Å². The van der Waals surface area contributed by atoms with E-state index in [9.17, 15) is 18.0 Å². The highest BCUT2D eigenvalue weighted by molar-refractivity contribution is 5.67. The van der Waals surface area contributed by atoms with Gasteiger partial charge in [0.25, 0.3) is 0 Å². The molecule has 0 spiro atoms. The van der Waals surface area contributed by atoms with Gasteiger partial charge in [0.2, 0.25) is 0 Å². The van der Waals surface area contributed by atoms with Crippen LogP contribution in [0.3, 0.4) is 0 Å². The van der Waals surface area contributed by atoms with Crippen molar-refractivity contribution in [2.24, 2.45) is 0 Å². The highest BCUT2D eigenvalue weighted by Crippen LogP contribution is 2.16. The Balaban J connectivity index is 0.000000456. The smallest absolute Gasteiger partial charge is 0.305 e. The topological polar surface area (TPSA) is 82.6 Å². The summed E-state index contributed by atoms with van der Waals surface area (Å²) in [4.78, 5) is 16.2. The minimum absolute atomic E-state index is 0.129. The number of rotatable bonds is 8. The van der Waals surface area contributed by atoms with Crippen LogP contribution in [0, 0.1) is 17.5 Å². The van der Waals surface area contributed by atoms with Gasteiger partial charge < -0.3 is 15.7 Å². The Morgan fingerprint density at radius 2 is 1.60 bits per heavy atom. The lowest BCUT2D eigenvalue weighted by Crippen LogP contribution is -2.39. The Kier molecular flexibility index (Phi) is 10.3. The van der Waals surface area contributed by atoms with Crippen molar-refractivity contribution in [3.05, 3.63) is 71.0 Å². The Bertz CT molecular complexity index is 778. The maximum Gasteiger partial charge on any atom is 0.305 e. The molecule has 1 atom stereocenters. The second-order valence-electron chi connectivity index (χ2n) is 6.75. The van der Waals surface area contributed by atoms with Crippen molar-refractivity contribution in [1.82, 2.24) is 16.1 Å². The van der Waals surface area contributed by atoms with Gasteiger partial charge in [-0.3, -0.25) is 9.63 Å². The summed E-state index contributed by atoms with van der Waals surface area (Å²) in [6.45, 7) is 4.73. The van der Waals surface area contributed by atoms with Gasteiger partial charge in [0, 0.05) is 38.3 Å². The van der Waals surface area contributed by atoms with E-state index >= 15 is 0 Å². The number of piperazine rings is 1. The third-order valence-corrected chi connectivity index (χ3v) is 4.27. The summed E-state index contributed by atoms with van der Waals surface area (Å²) >= 11 is 0. The lowest BCUT2D eigenvalue weighted by molar-refractivity contribution is -0.138. The molecule has 2 aromatic rings. The number of nitrogens with one attached hydrogen (secondary N) is 3. The molecular formula is C21H26F3N3O3. The maximum absolute atomic E-state index is 13.7. The van der Waals surface area contributed by atoms with E-state index in [1.165, 1.54) is 0 Å². The molecular weight excluding hydrogens is 399 g/mol. The summed E-state index contributed by atoms with van der Waals surface area (Å²) in [5.74, 6) is -4.54. The van der Waals surface area contributed by atoms with Gasteiger partial charge >= 0.3 is 5.97 Å². The molecule has 164 valence electrons. The van der Waals surface area contributed by atoms with Gasteiger partial charge in [0.1, 0.15) is 5.82 Å². The summed E-state index contributed by atoms with van der Waals surface area (Å²) in [6, 6.07) is 9.49. The van der Waals surface area contributed by atoms with Crippen molar-refractivity contribution in [2.45, 2.75) is 25.5 Å². The fraction of sp³-hybridized carbons (Fsp3) is 0.381. The van der Waals surface area contributed by atoms with E-state index in [4.69, 9.17) is 9.94 Å². The van der Waals surface area contributed by atoms with Crippen molar-refractivity contribution in [2.75, 3.05) is 26.2 Å². The molecule has 0 amide bonds. The zero-order chi connectivity index (χ0) is 21.8. The first-order chi connectivity index (χ1) is 14.5. The Hall–Kier alpha value is -2.46. The largest absolute Gasteiger partial charge is 0.481 e. The molecule has 1 aliphatic rings. The van der Waals surface area contributed by atoms with Crippen molar-refractivity contribution >= 4 is 5.97 Å². The van der Waals surface area contributed by atoms with Crippen LogP contribution in [0.1, 0.15) is 17.5 Å². The number of halogens is 3. The molecule has 1 saturated heterocycles. The quantitative estimate of drug-likeness (QED) is 0.384. The molecule has 1 aliphatic heterocycles. The van der Waals surface area contributed by atoms with Gasteiger partial charge in [-0.05, 0) is 23.6 Å². The molecule has 4 N–H and O–H groups in total. The van der Waals surface area contributed by atoms with Gasteiger partial charge in [-0.1, -0.05) is 30.3 Å². The summed E-state index contributed by atoms with van der Waals surface area (Å²) in [6.07, 6.45) is -0.530. The number of aliphatic carboxylic acids is 1. The van der Waals surface area contributed by atoms with Gasteiger partial charge in [-0.15, -0.1) is 0 Å². The highest BCUT2D eigenvalue weighted by atomic mass is 19.2. The minimum atomic E-state index is -1.29. The molecule has 30 heavy (non-hydrogen) atoms. The molecule has 0 aromatic heterocycles. The molecule has 3 rings (SSSR count). The number of hydrogen-bond acceptors (Lipinski definition) is 5. The highest BCUT2D eigenvalue weighted by Gasteiger charge is 2.18. The molecule has 0 bridgehead atoms. The maximum atomic E-state index is 13.7. The number of carbonyl (C=O) groups is 1. The van der Waals surface area contributed by atoms with Gasteiger partial charge in [0.15, 0.2) is 11.6 Å². The predicted octanol–water partition coefficient (Wildman–Crippen LogP) is 2.39. The molecule has 1 heterocycles. The predicted molar refractivity (Wildman–Crippen MR) is 106 cm³/mol. The third kappa shape index (κ3) is 8.91. The first-order valence-electron chi connectivity index (χ1n) is 9.63. The molecule has 6 nitrogen and oxygen atoms in total. The summed E-state index contributed by atoms with van der Waals surface area (Å²) < 4.78 is 39.9. The standard InChI is InChI=1S/C17H16F3NO3.C4H10N2/c18-14-9-16(20)15(19)7-12(14)6-13(8-17(22)23)21-24-10-11-4-2-1-3-5-11;1-2-6-4-3-5-1/h1-5,7,9,13,21H,6,8,10H2,(H,22,23);5-6H,1-4H2/t13-;/m1./s1. The zero-order valence-corrected chi connectivity index (χ0v) is 16.5. The van der Waals surface area contributed by atoms with E-state index in [2.05, 4.69) is 16.1 Å². The van der Waals surface area contributed by atoms with Crippen molar-refractivity contribution in [3.8, 4) is 0 Å². The molecule has 0 saturated carbocycles. The van der Waals surface area contributed by atoms with E-state index in [1.807, 2.05) is 30.3 Å². The van der Waals surface area contributed by atoms with E-state index in [0.29, 0.717) is 6.07 Å². The monoisotopic (exact) mass is 425 g/mol. The fourth-order valence-electron chi connectivity index (χ4n) is 2.77. The Labute approximate surface area is 173 Å². The number of carboxylic acids is 1. The van der Waals surface area contributed by atoms with Crippen LogP contribution in [0.25, 0.3) is 0 Å². The number of hydroxylamine groups is 1. The van der Waals surface area contributed by atoms with Crippen LogP contribution in [0.15, 0.2) is 42.5 Å². The molecule has 1 fully saturated rings. The summed E-state index contributed by atoms with van der Waals surface area (Å²) in [7, 11) is 0. The van der Waals surface area contributed by atoms with Crippen LogP contribution in [0.2, 0.25) is 0 Å². The fourth-order valence-corrected chi connectivity index (χ4v) is 2.77. The van der Waals surface area contributed by atoms with E-state index in [1.54, 1.807) is 0 Å². The van der Waals surface area contributed by atoms with E-state index < -0.39 is 29.5 Å². The van der Waals surface area contributed by atoms with Crippen LogP contribution in [0.4, 0.5) is 13.2 Å². The van der Waals surface area contributed by atoms with Crippen molar-refractivity contribution in [3.63, 3.8) is 0 Å². The molecule has 0 aliphatic carbocycles. The van der Waals surface area contributed by atoms with Crippen LogP contribution >= 0.6 is 0 Å². The Morgan fingerprint density at radius 3 is 2.17 bits per heavy atom. The number of benzene rings is 2. The number of carboxylic acid groups (broad SMARTS) is 1. The molecule has 0 unspecified atom stereocenters. The molecule has 2 aromatic carbocycles. The lowest BCUT2D eigenvalue weighted by Gasteiger charge is -2.17. The third-order valence-electron chi connectivity index (χ3n) is 4.27. The molecule has 9 heteroatoms. The van der Waals surface area contributed by atoms with Crippen molar-refractivity contribution < 1.29 is 27.9 Å². The average molecular weight is 425 g/mol. The SMILES string of the molecule is C1CNCCN1.O=C(O)C[C@@H](Cc1cc(F)c(F)cc1F)NOCc1ccccc1. The molecule has 0 radical (unpaired) electrons. The van der Waals surface area contributed by atoms with Crippen LogP contribution < -0.4 is 16.1 Å². The summed E-state index contributed by atoms with van der Waals surface area (Å²) in [5.41, 5.74) is 3.28. The van der Waals surface area contributed by atoms with E-state index in [-0.39, 0.29) is 25.0 Å². The Morgan fingerprint density at radius 1 is 1.00 bits per heavy atom. The first kappa shape index (κ1) is 23.8. The lowest BCUT2D eigenvalue weighted by atomic mass is 10.0. The average Bonchev–Trinajstić information content (AvgIpc) is 2.74. The number of hydrogen-bond donors (Lipinski definition) is 4. The minimum Gasteiger partial charge on any atom is -0.481 e. The second-order valence-corrected chi connectivity index (χ2v) is 6.75. The second kappa shape index (κ2) is 13.0. The van der Waals surface area contributed by atoms with Crippen molar-refractivity contribution in [1.29, 1.82) is 0 Å². The van der Waals surface area contributed by atoms with Crippen LogP contribution in [-0.2, 0) is 22.7 Å². The first-order valence-corrected chi connectivity index (χ1v) is 9.63. The normalized spacial score (nSPS) is 14.5. The summed E-state index contributed by atoms with van der Waals surface area (Å²) in [5, 5.41) is 15.4. The zero-order valence-electron chi connectivity index (χ0n) is 16.5. The van der Waals surface area contributed by atoms with Crippen LogP contribution in [-0.4, -0.2) is 43.3 Å². The van der Waals surface area contributed by atoms with Gasteiger partial charge in [-0.25, -0.2) is 13.2 Å². The van der Waals surface area contributed by atoms with Gasteiger partial charge in [0.05, 0.1) is 13.0 Å². The van der Waals surface area contributed by atoms with Crippen LogP contribution in [0.5, 0.6) is 0 Å². The van der Waals surface area contributed by atoms with Gasteiger partial charge in [-0.2, -0.15) is 5.48 Å².